The molecule has 8 rings (SSSR count). The second kappa shape index (κ2) is 41.3. The van der Waals surface area contributed by atoms with Gasteiger partial charge in [0.05, 0.1) is 76.4 Å². The van der Waals surface area contributed by atoms with E-state index >= 15 is 0 Å². The van der Waals surface area contributed by atoms with Crippen molar-refractivity contribution in [2.24, 2.45) is 5.92 Å². The number of aliphatic hydroxyl groups excluding tert-OH is 2. The molecule has 8 saturated heterocycles. The highest BCUT2D eigenvalue weighted by molar-refractivity contribution is 6.03. The molecule has 3 atom stereocenters. The first kappa shape index (κ1) is 93.6. The maximum absolute atomic E-state index is 11.4. The van der Waals surface area contributed by atoms with Crippen molar-refractivity contribution < 1.29 is 48.4 Å². The van der Waals surface area contributed by atoms with Crippen molar-refractivity contribution in [1.29, 1.82) is 0 Å². The quantitative estimate of drug-likeness (QED) is 0.248. The van der Waals surface area contributed by atoms with Crippen LogP contribution in [-0.4, -0.2) is 265 Å². The third-order valence-corrected chi connectivity index (χ3v) is 18.1. The fourth-order valence-corrected chi connectivity index (χ4v) is 11.4. The molecule has 2 N–H and O–H groups in total. The highest BCUT2D eigenvalue weighted by Gasteiger charge is 2.37. The van der Waals surface area contributed by atoms with Crippen LogP contribution in [0.25, 0.3) is 0 Å². The number of piperidine rings is 4. The molecule has 8 heterocycles. The predicted octanol–water partition coefficient (Wildman–Crippen LogP) is 12.3. The first-order chi connectivity index (χ1) is 41.8. The van der Waals surface area contributed by atoms with Crippen molar-refractivity contribution in [2.45, 2.75) is 348 Å². The van der Waals surface area contributed by atoms with E-state index in [0.717, 1.165) is 130 Å². The van der Waals surface area contributed by atoms with Gasteiger partial charge in [0.2, 0.25) is 11.8 Å². The molecule has 0 aliphatic carbocycles. The Hall–Kier alpha value is -2.49. The molecule has 2 amide bonds. The number of ketones is 3. The lowest BCUT2D eigenvalue weighted by Gasteiger charge is -2.47. The van der Waals surface area contributed by atoms with Gasteiger partial charge < -0.3 is 34.2 Å². The summed E-state index contributed by atoms with van der Waals surface area (Å²) in [6.45, 7) is 75.0. The summed E-state index contributed by atoms with van der Waals surface area (Å²) in [4.78, 5) is 73.7. The van der Waals surface area contributed by atoms with Gasteiger partial charge in [0.1, 0.15) is 5.78 Å². The molecule has 0 bridgehead atoms. The van der Waals surface area contributed by atoms with E-state index < -0.39 is 0 Å². The van der Waals surface area contributed by atoms with Crippen molar-refractivity contribution in [1.82, 2.24) is 39.2 Å². The number of aliphatic hydroxyl groups is 2. The molecule has 3 unspecified atom stereocenters. The Kier molecular flexibility index (Phi) is 41.1. The Morgan fingerprint density at radius 3 is 1.13 bits per heavy atom. The zero-order valence-corrected chi connectivity index (χ0v) is 64.8. The van der Waals surface area contributed by atoms with Gasteiger partial charge in [-0.05, 0) is 224 Å². The van der Waals surface area contributed by atoms with Gasteiger partial charge in [0.25, 0.3) is 0 Å². The molecular formula is C76H154N8O10. The molecule has 0 spiro atoms. The lowest BCUT2D eigenvalue weighted by atomic mass is 9.99. The number of ether oxygens (including phenoxy) is 3. The summed E-state index contributed by atoms with van der Waals surface area (Å²) >= 11 is 0. The van der Waals surface area contributed by atoms with Gasteiger partial charge in [-0.1, -0.05) is 35.6 Å². The third kappa shape index (κ3) is 37.6. The zero-order chi connectivity index (χ0) is 71.2. The number of hydrogen-bond acceptors (Lipinski definition) is 16. The van der Waals surface area contributed by atoms with Crippen LogP contribution in [0.15, 0.2) is 0 Å². The van der Waals surface area contributed by atoms with E-state index in [9.17, 15) is 24.0 Å². The molecule has 94 heavy (non-hydrogen) atoms. The van der Waals surface area contributed by atoms with Crippen LogP contribution in [0.2, 0.25) is 0 Å². The number of β-amino-alcohol motifs (C(OH)–C–C–N with tert-alkyl or cyclic N) is 1. The monoisotopic (exact) mass is 1340 g/mol. The lowest BCUT2D eigenvalue weighted by Crippen LogP contribution is -2.59. The van der Waals surface area contributed by atoms with Crippen LogP contribution in [0.4, 0.5) is 0 Å². The van der Waals surface area contributed by atoms with Crippen molar-refractivity contribution in [3.63, 3.8) is 0 Å². The van der Waals surface area contributed by atoms with E-state index in [2.05, 4.69) is 191 Å². The van der Waals surface area contributed by atoms with Crippen LogP contribution in [0.5, 0.6) is 0 Å². The minimum Gasteiger partial charge on any atom is -0.391 e. The fraction of sp³-hybridized carbons (Fsp3) is 0.934. The Balaban J connectivity index is 0. The lowest BCUT2D eigenvalue weighted by molar-refractivity contribution is -0.139. The first-order valence-electron chi connectivity index (χ1n) is 35.6. The van der Waals surface area contributed by atoms with Crippen LogP contribution >= 0.6 is 0 Å². The summed E-state index contributed by atoms with van der Waals surface area (Å²) in [6.07, 6.45) is 9.87. The largest absolute Gasteiger partial charge is 0.391 e. The number of Topliss-reactive ketones (excluding diaryl/α,β-unsaturated/α-hetero) is 3. The topological polar surface area (TPSA) is 179 Å². The van der Waals surface area contributed by atoms with Crippen molar-refractivity contribution >= 4 is 29.2 Å². The van der Waals surface area contributed by atoms with Crippen LogP contribution in [0.3, 0.4) is 0 Å². The first-order valence-corrected chi connectivity index (χ1v) is 35.6. The fourth-order valence-electron chi connectivity index (χ4n) is 11.4. The predicted molar refractivity (Wildman–Crippen MR) is 393 cm³/mol. The van der Waals surface area contributed by atoms with E-state index in [4.69, 9.17) is 24.4 Å². The van der Waals surface area contributed by atoms with Gasteiger partial charge in [0, 0.05) is 129 Å². The average molecular weight is 1340 g/mol. The third-order valence-electron chi connectivity index (χ3n) is 18.1. The minimum atomic E-state index is -0.344. The zero-order valence-electron chi connectivity index (χ0n) is 64.8. The Bertz CT molecular complexity index is 2090. The number of hydrogen-bond donors (Lipinski definition) is 2. The SMILES string of the molecule is C.C.CC(C)(C)N1CC(=O)CC(=O)C1.CC(C)(C)N1CC(O)C1.CC(C)(C)N1CCCC(=O)C1.CC(C)(C)N1CCCCC1=O.CC(C)(C)N1CCCCC1=O.CC(C)C1CN(C(C)(C)C)CCO1.CC(O)COC1CN(C(C)(C)C)C1.CCC1CN(C(C)(C)C)CCO1. The Morgan fingerprint density at radius 2 is 0.819 bits per heavy atom. The molecule has 0 aromatic rings. The molecule has 0 aromatic carbocycles. The summed E-state index contributed by atoms with van der Waals surface area (Å²) in [7, 11) is 0. The molecule has 18 nitrogen and oxygen atoms in total. The second-order valence-electron chi connectivity index (χ2n) is 35.3. The minimum absolute atomic E-state index is 0. The number of likely N-dealkylation sites (tertiary alicyclic amines) is 6. The molecule has 558 valence electrons. The Morgan fingerprint density at radius 1 is 0.436 bits per heavy atom. The number of rotatable bonds is 5. The Labute approximate surface area is 579 Å². The van der Waals surface area contributed by atoms with E-state index in [1.807, 2.05) is 35.5 Å². The van der Waals surface area contributed by atoms with Gasteiger partial charge >= 0.3 is 0 Å². The number of morpholine rings is 2. The average Bonchev–Trinajstić information content (AvgIpc) is 0.859. The summed E-state index contributed by atoms with van der Waals surface area (Å²) < 4.78 is 16.8. The summed E-state index contributed by atoms with van der Waals surface area (Å²) in [5, 5.41) is 17.9. The summed E-state index contributed by atoms with van der Waals surface area (Å²) in [5.74, 6) is 1.76. The molecule has 0 aromatic heterocycles. The molecule has 0 radical (unpaired) electrons. The standard InChI is InChI=1S/C11H23NO.C10H21NO2.C10H21NO.C9H15NO2.3C9H17NO.C7H15NO.2CH4/c1-9(2)10-8-12(6-7-13-10)11(3,4)5;1-8(12)7-13-9-5-11(6-9)10(2,3)4;1-5-9-8-11(6-7-12-9)10(2,3)4;1-9(2,3)10-5-7(11)4-8(12)6-10;1-9(2,3)10-6-4-5-8(11)7-10;2*1-9(2,3)10-7-5-4-6-8(10)11;1-7(2,3)8-4-6(9)5-8;;/h9-10H,6-8H2,1-5H3;8-9,12H,5-7H2,1-4H3;9H,5-8H2,1-4H3;4-6H2,1-3H3;3*4-7H2,1-3H3;6,9H,4-5H2,1-3H3;2*1H4. The molecule has 0 saturated carbocycles. The summed E-state index contributed by atoms with van der Waals surface area (Å²) in [5.41, 5.74) is 1.23. The number of carbonyl (C=O) groups is 5. The molecule has 8 aliphatic heterocycles. The van der Waals surface area contributed by atoms with E-state index in [1.165, 1.54) is 12.8 Å². The second-order valence-corrected chi connectivity index (χ2v) is 35.3. The highest BCUT2D eigenvalue weighted by atomic mass is 16.5. The maximum atomic E-state index is 11.4. The van der Waals surface area contributed by atoms with Crippen LogP contribution in [-0.2, 0) is 38.2 Å². The number of amides is 2. The van der Waals surface area contributed by atoms with Crippen molar-refractivity contribution in [3.8, 4) is 0 Å². The van der Waals surface area contributed by atoms with Gasteiger partial charge in [-0.3, -0.25) is 53.4 Å². The maximum Gasteiger partial charge on any atom is 0.222 e. The van der Waals surface area contributed by atoms with Gasteiger partial charge in [0.15, 0.2) is 11.6 Å². The highest BCUT2D eigenvalue weighted by Crippen LogP contribution is 2.26. The van der Waals surface area contributed by atoms with E-state index in [-0.39, 0.29) is 83.8 Å². The van der Waals surface area contributed by atoms with Crippen LogP contribution in [0.1, 0.15) is 273 Å². The molecule has 8 fully saturated rings. The van der Waals surface area contributed by atoms with Crippen LogP contribution in [0, 0.1) is 5.92 Å². The molecule has 8 aliphatic rings. The van der Waals surface area contributed by atoms with Gasteiger partial charge in [-0.2, -0.15) is 0 Å². The smallest absolute Gasteiger partial charge is 0.222 e. The molecular weight excluding hydrogens is 1180 g/mol. The van der Waals surface area contributed by atoms with Crippen molar-refractivity contribution in [2.75, 3.05) is 111 Å². The van der Waals surface area contributed by atoms with Crippen molar-refractivity contribution in [3.05, 3.63) is 0 Å². The van der Waals surface area contributed by atoms with E-state index in [0.29, 0.717) is 73.6 Å². The number of carbonyl (C=O) groups excluding carboxylic acids is 5. The van der Waals surface area contributed by atoms with Gasteiger partial charge in [-0.25, -0.2) is 0 Å². The normalized spacial score (nSPS) is 22.9. The van der Waals surface area contributed by atoms with Gasteiger partial charge in [-0.15, -0.1) is 0 Å². The molecule has 18 heteroatoms. The van der Waals surface area contributed by atoms with Crippen LogP contribution < -0.4 is 0 Å². The number of nitrogens with zero attached hydrogens (tertiary/aromatic N) is 8. The van der Waals surface area contributed by atoms with E-state index in [1.54, 1.807) is 6.92 Å². The summed E-state index contributed by atoms with van der Waals surface area (Å²) in [6, 6.07) is 0.